The number of hydrogen-bond acceptors (Lipinski definition) is 8. The Labute approximate surface area is 259 Å². The van der Waals surface area contributed by atoms with Crippen molar-refractivity contribution in [2.75, 3.05) is 18.6 Å². The number of aromatic nitrogens is 4. The van der Waals surface area contributed by atoms with Gasteiger partial charge in [-0.15, -0.1) is 0 Å². The molecule has 0 fully saturated rings. The van der Waals surface area contributed by atoms with Gasteiger partial charge in [-0.25, -0.2) is 14.7 Å². The van der Waals surface area contributed by atoms with E-state index in [4.69, 9.17) is 21.1 Å². The number of benzene rings is 1. The normalized spacial score (nSPS) is 12.4. The van der Waals surface area contributed by atoms with E-state index in [9.17, 15) is 13.6 Å². The number of carbonyl (C=O) groups excluding carboxylic acids is 1. The zero-order valence-corrected chi connectivity index (χ0v) is 26.4. The first-order valence-electron chi connectivity index (χ1n) is 12.8. The van der Waals surface area contributed by atoms with Gasteiger partial charge in [-0.05, 0) is 73.0 Å². The minimum atomic E-state index is -2.88. The Balaban J connectivity index is 1.64. The lowest BCUT2D eigenvalue weighted by molar-refractivity contribution is -0.130. The molecule has 1 amide bonds. The second-order valence-electron chi connectivity index (χ2n) is 10.1. The van der Waals surface area contributed by atoms with Crippen molar-refractivity contribution in [3.63, 3.8) is 0 Å². The number of pyridine rings is 1. The second kappa shape index (κ2) is 13.9. The summed E-state index contributed by atoms with van der Waals surface area (Å²) in [7, 11) is 1.58. The summed E-state index contributed by atoms with van der Waals surface area (Å²) < 4.78 is 43.2. The number of halogens is 4. The Hall–Kier alpha value is -3.13. The molecule has 0 radical (unpaired) electrons. The van der Waals surface area contributed by atoms with Gasteiger partial charge in [0.1, 0.15) is 16.5 Å². The summed E-state index contributed by atoms with van der Waals surface area (Å²) >= 11 is 11.2. The number of nitrogens with zero attached hydrogens (tertiary/aromatic N) is 5. The van der Waals surface area contributed by atoms with E-state index in [1.807, 2.05) is 18.2 Å². The lowest BCUT2D eigenvalue weighted by Gasteiger charge is -2.26. The predicted octanol–water partition coefficient (Wildman–Crippen LogP) is 7.99. The van der Waals surface area contributed by atoms with E-state index in [0.29, 0.717) is 27.0 Å². The van der Waals surface area contributed by atoms with E-state index in [1.165, 1.54) is 16.2 Å². The maximum absolute atomic E-state index is 13.3. The molecule has 0 bridgehead atoms. The summed E-state index contributed by atoms with van der Waals surface area (Å²) in [6, 6.07) is 10.4. The van der Waals surface area contributed by atoms with Crippen molar-refractivity contribution in [3.8, 4) is 16.2 Å². The Morgan fingerprint density at radius 3 is 2.52 bits per heavy atom. The third-order valence-electron chi connectivity index (χ3n) is 5.83. The van der Waals surface area contributed by atoms with Crippen LogP contribution in [0, 0.1) is 0 Å². The molecule has 3 heterocycles. The third-order valence-corrected chi connectivity index (χ3v) is 7.81. The highest BCUT2D eigenvalue weighted by atomic mass is 79.9. The average Bonchev–Trinajstić information content (AvgIpc) is 3.56. The number of methoxy groups -OCH3 is 1. The largest absolute Gasteiger partial charge is 0.497 e. The maximum atomic E-state index is 13.3. The van der Waals surface area contributed by atoms with Gasteiger partial charge in [-0.2, -0.15) is 13.9 Å². The molecule has 0 N–H and O–H groups in total. The van der Waals surface area contributed by atoms with Crippen LogP contribution in [0.2, 0.25) is 5.15 Å². The molecule has 14 heteroatoms. The molecule has 0 saturated heterocycles. The van der Waals surface area contributed by atoms with Gasteiger partial charge in [0.15, 0.2) is 5.13 Å². The number of thiazole rings is 1. The van der Waals surface area contributed by atoms with Gasteiger partial charge in [-0.3, -0.25) is 9.67 Å². The van der Waals surface area contributed by atoms with E-state index in [2.05, 4.69) is 35.7 Å². The summed E-state index contributed by atoms with van der Waals surface area (Å²) in [6.45, 7) is 2.47. The molecule has 0 aliphatic carbocycles. The van der Waals surface area contributed by atoms with Gasteiger partial charge in [0.2, 0.25) is 0 Å². The van der Waals surface area contributed by atoms with Crippen molar-refractivity contribution in [2.45, 2.75) is 52.0 Å². The molecule has 0 aliphatic heterocycles. The summed E-state index contributed by atoms with van der Waals surface area (Å²) in [5.74, 6) is 0.691. The fourth-order valence-electron chi connectivity index (χ4n) is 3.92. The molecule has 0 aliphatic rings. The third kappa shape index (κ3) is 8.46. The number of ether oxygens (including phenoxy) is 3. The van der Waals surface area contributed by atoms with Crippen LogP contribution < -0.4 is 9.64 Å². The standard InChI is InChI=1S/C28H29BrClF2N5O4S/c1-28(2,3)41-27(38)36(15-17-5-8-20(39-4)9-6-17)26-35-24(30)23(42-26)18-13-34-37(16-18)22(11-12-40-25(31)32)21-10-7-19(29)14-33-21/h5-10,13-14,16,22,25H,11-12,15H2,1-4H3. The minimum absolute atomic E-state index is 0.178. The molecule has 3 aromatic heterocycles. The zero-order valence-electron chi connectivity index (χ0n) is 23.3. The van der Waals surface area contributed by atoms with Crippen molar-refractivity contribution in [1.29, 1.82) is 0 Å². The van der Waals surface area contributed by atoms with Gasteiger partial charge < -0.3 is 14.2 Å². The highest BCUT2D eigenvalue weighted by Gasteiger charge is 2.28. The van der Waals surface area contributed by atoms with Crippen LogP contribution in [0.15, 0.2) is 59.5 Å². The first kappa shape index (κ1) is 31.8. The SMILES string of the molecule is COc1ccc(CN(C(=O)OC(C)(C)C)c2nc(Cl)c(-c3cnn(C(CCOC(F)F)c4ccc(Br)cn4)c3)s2)cc1. The van der Waals surface area contributed by atoms with E-state index < -0.39 is 24.3 Å². The highest BCUT2D eigenvalue weighted by molar-refractivity contribution is 9.10. The molecule has 224 valence electrons. The number of hydrogen-bond donors (Lipinski definition) is 0. The summed E-state index contributed by atoms with van der Waals surface area (Å²) in [5.41, 5.74) is 1.36. The minimum Gasteiger partial charge on any atom is -0.497 e. The number of anilines is 1. The van der Waals surface area contributed by atoms with Crippen LogP contribution in [-0.2, 0) is 16.0 Å². The van der Waals surface area contributed by atoms with Gasteiger partial charge in [0, 0.05) is 22.4 Å². The van der Waals surface area contributed by atoms with E-state index in [0.717, 1.165) is 10.0 Å². The molecular formula is C28H29BrClF2N5O4S. The van der Waals surface area contributed by atoms with Crippen molar-refractivity contribution in [3.05, 3.63) is 75.9 Å². The van der Waals surface area contributed by atoms with Gasteiger partial charge in [0.25, 0.3) is 0 Å². The van der Waals surface area contributed by atoms with Crippen LogP contribution in [0.5, 0.6) is 5.75 Å². The fourth-order valence-corrected chi connectivity index (χ4v) is 5.43. The molecule has 1 unspecified atom stereocenters. The van der Waals surface area contributed by atoms with Gasteiger partial charge in [0.05, 0.1) is 43.1 Å². The lowest BCUT2D eigenvalue weighted by atomic mass is 10.1. The number of carbonyl (C=O) groups is 1. The quantitative estimate of drug-likeness (QED) is 0.158. The topological polar surface area (TPSA) is 91.6 Å². The molecule has 9 nitrogen and oxygen atoms in total. The fraction of sp³-hybridized carbons (Fsp3) is 0.357. The number of amides is 1. The summed E-state index contributed by atoms with van der Waals surface area (Å²) in [6.07, 6.45) is 4.59. The Morgan fingerprint density at radius 2 is 1.90 bits per heavy atom. The summed E-state index contributed by atoms with van der Waals surface area (Å²) in [4.78, 5) is 24.2. The zero-order chi connectivity index (χ0) is 30.4. The van der Waals surface area contributed by atoms with Gasteiger partial charge in [-0.1, -0.05) is 35.1 Å². The molecular weight excluding hydrogens is 656 g/mol. The number of rotatable bonds is 11. The molecule has 42 heavy (non-hydrogen) atoms. The predicted molar refractivity (Wildman–Crippen MR) is 160 cm³/mol. The first-order valence-corrected chi connectivity index (χ1v) is 14.8. The monoisotopic (exact) mass is 683 g/mol. The van der Waals surface area contributed by atoms with E-state index in [1.54, 1.807) is 69.4 Å². The van der Waals surface area contributed by atoms with Crippen LogP contribution in [0.25, 0.3) is 10.4 Å². The van der Waals surface area contributed by atoms with Crippen molar-refractivity contribution < 1.29 is 27.8 Å². The van der Waals surface area contributed by atoms with Crippen LogP contribution >= 0.6 is 38.9 Å². The molecule has 4 aromatic rings. The second-order valence-corrected chi connectivity index (χ2v) is 12.3. The molecule has 0 saturated carbocycles. The lowest BCUT2D eigenvalue weighted by Crippen LogP contribution is -2.36. The van der Waals surface area contributed by atoms with Crippen LogP contribution in [0.3, 0.4) is 0 Å². The first-order chi connectivity index (χ1) is 19.9. The Morgan fingerprint density at radius 1 is 1.17 bits per heavy atom. The van der Waals surface area contributed by atoms with Crippen LogP contribution in [0.1, 0.15) is 44.5 Å². The maximum Gasteiger partial charge on any atom is 0.416 e. The van der Waals surface area contributed by atoms with Crippen molar-refractivity contribution in [2.24, 2.45) is 0 Å². The number of alkyl halides is 2. The van der Waals surface area contributed by atoms with Crippen molar-refractivity contribution in [1.82, 2.24) is 19.7 Å². The smallest absolute Gasteiger partial charge is 0.416 e. The van der Waals surface area contributed by atoms with E-state index >= 15 is 0 Å². The average molecular weight is 685 g/mol. The highest BCUT2D eigenvalue weighted by Crippen LogP contribution is 2.39. The van der Waals surface area contributed by atoms with Gasteiger partial charge >= 0.3 is 12.7 Å². The molecule has 4 rings (SSSR count). The Bertz CT molecular complexity index is 1480. The molecule has 0 spiro atoms. The van der Waals surface area contributed by atoms with Crippen LogP contribution in [-0.4, -0.2) is 51.8 Å². The molecule has 1 aromatic carbocycles. The van der Waals surface area contributed by atoms with Crippen LogP contribution in [0.4, 0.5) is 18.7 Å². The van der Waals surface area contributed by atoms with E-state index in [-0.39, 0.29) is 24.7 Å². The molecule has 1 atom stereocenters. The Kier molecular flexibility index (Phi) is 10.5. The van der Waals surface area contributed by atoms with Crippen molar-refractivity contribution >= 4 is 50.1 Å². The summed E-state index contributed by atoms with van der Waals surface area (Å²) in [5, 5.41) is 4.99.